The highest BCUT2D eigenvalue weighted by atomic mass is 35.5. The monoisotopic (exact) mass is 379 g/mol. The topological polar surface area (TPSA) is 86.2 Å². The molecule has 2 heterocycles. The Bertz CT molecular complexity index is 1050. The molecule has 7 heteroatoms. The summed E-state index contributed by atoms with van der Waals surface area (Å²) in [5, 5.41) is 5.29. The van der Waals surface area contributed by atoms with Crippen LogP contribution in [0.3, 0.4) is 0 Å². The van der Waals surface area contributed by atoms with Gasteiger partial charge in [-0.3, -0.25) is 4.79 Å². The van der Waals surface area contributed by atoms with Crippen LogP contribution in [0.15, 0.2) is 53.5 Å². The number of nitrogens with zero attached hydrogens (tertiary/aromatic N) is 4. The molecule has 0 fully saturated rings. The van der Waals surface area contributed by atoms with Crippen molar-refractivity contribution in [2.75, 3.05) is 0 Å². The molecule has 2 atom stereocenters. The molecule has 3 aromatic rings. The number of hydrogen-bond acceptors (Lipinski definition) is 4. The molecule has 0 saturated heterocycles. The number of amides is 1. The lowest BCUT2D eigenvalue weighted by atomic mass is 9.87. The van der Waals surface area contributed by atoms with Crippen molar-refractivity contribution in [2.24, 2.45) is 16.6 Å². The number of aryl methyl sites for hydroxylation is 1. The predicted molar refractivity (Wildman–Crippen MR) is 105 cm³/mol. The molecular weight excluding hydrogens is 362 g/mol. The van der Waals surface area contributed by atoms with E-state index in [1.807, 2.05) is 43.3 Å². The molecule has 2 aromatic carbocycles. The Morgan fingerprint density at radius 2 is 1.89 bits per heavy atom. The van der Waals surface area contributed by atoms with Crippen molar-refractivity contribution >= 4 is 29.2 Å². The highest BCUT2D eigenvalue weighted by Crippen LogP contribution is 2.36. The number of aliphatic imine (C=N–C) groups is 1. The maximum absolute atomic E-state index is 12.2. The minimum absolute atomic E-state index is 0.386. The Morgan fingerprint density at radius 3 is 2.56 bits per heavy atom. The van der Waals surface area contributed by atoms with Crippen LogP contribution in [-0.2, 0) is 4.79 Å². The van der Waals surface area contributed by atoms with Gasteiger partial charge in [0.05, 0.1) is 6.04 Å². The molecule has 0 aliphatic carbocycles. The molecule has 0 saturated carbocycles. The van der Waals surface area contributed by atoms with Crippen LogP contribution < -0.4 is 5.73 Å². The van der Waals surface area contributed by atoms with Crippen LogP contribution >= 0.6 is 11.6 Å². The van der Waals surface area contributed by atoms with Crippen molar-refractivity contribution in [3.63, 3.8) is 0 Å². The van der Waals surface area contributed by atoms with Crippen LogP contribution in [0.25, 0.3) is 11.4 Å². The Kier molecular flexibility index (Phi) is 4.28. The van der Waals surface area contributed by atoms with Gasteiger partial charge in [-0.05, 0) is 43.7 Å². The molecule has 0 radical (unpaired) electrons. The summed E-state index contributed by atoms with van der Waals surface area (Å²) in [4.78, 5) is 21.3. The van der Waals surface area contributed by atoms with Gasteiger partial charge in [0.1, 0.15) is 5.92 Å². The van der Waals surface area contributed by atoms with E-state index in [4.69, 9.17) is 17.3 Å². The van der Waals surface area contributed by atoms with Crippen LogP contribution in [0.4, 0.5) is 5.95 Å². The summed E-state index contributed by atoms with van der Waals surface area (Å²) in [7, 11) is 0. The Balaban J connectivity index is 1.88. The van der Waals surface area contributed by atoms with Crippen LogP contribution in [0.2, 0.25) is 5.02 Å². The second-order valence-corrected chi connectivity index (χ2v) is 7.12. The first kappa shape index (κ1) is 17.4. The predicted octanol–water partition coefficient (Wildman–Crippen LogP) is 3.70. The smallest absolute Gasteiger partial charge is 0.248 e. The van der Waals surface area contributed by atoms with Gasteiger partial charge in [-0.15, -0.1) is 5.10 Å². The summed E-state index contributed by atoms with van der Waals surface area (Å²) < 4.78 is 1.70. The van der Waals surface area contributed by atoms with Gasteiger partial charge in [0.2, 0.25) is 11.9 Å². The number of rotatable bonds is 3. The molecule has 4 rings (SSSR count). The van der Waals surface area contributed by atoms with Crippen molar-refractivity contribution in [1.82, 2.24) is 14.8 Å². The van der Waals surface area contributed by atoms with Crippen molar-refractivity contribution in [3.05, 3.63) is 64.7 Å². The quantitative estimate of drug-likeness (QED) is 0.752. The summed E-state index contributed by atoms with van der Waals surface area (Å²) in [6, 6.07) is 14.9. The second-order valence-electron chi connectivity index (χ2n) is 6.68. The van der Waals surface area contributed by atoms with Gasteiger partial charge in [0.25, 0.3) is 0 Å². The molecule has 136 valence electrons. The molecule has 1 aliphatic heterocycles. The zero-order valence-electron chi connectivity index (χ0n) is 14.9. The third kappa shape index (κ3) is 3.13. The van der Waals surface area contributed by atoms with E-state index in [0.29, 0.717) is 22.5 Å². The van der Waals surface area contributed by atoms with E-state index in [-0.39, 0.29) is 6.04 Å². The zero-order valence-corrected chi connectivity index (χ0v) is 15.7. The van der Waals surface area contributed by atoms with Gasteiger partial charge in [-0.1, -0.05) is 41.4 Å². The highest BCUT2D eigenvalue weighted by Gasteiger charge is 2.38. The number of halogens is 1. The maximum Gasteiger partial charge on any atom is 0.248 e. The van der Waals surface area contributed by atoms with Crippen LogP contribution in [0, 0.1) is 12.8 Å². The van der Waals surface area contributed by atoms with E-state index >= 15 is 0 Å². The molecule has 1 aromatic heterocycles. The van der Waals surface area contributed by atoms with Crippen molar-refractivity contribution < 1.29 is 4.79 Å². The number of carbonyl (C=O) groups excluding carboxylic acids is 1. The van der Waals surface area contributed by atoms with Gasteiger partial charge in [-0.25, -0.2) is 9.67 Å². The molecular formula is C20H18ClN5O. The fourth-order valence-corrected chi connectivity index (χ4v) is 3.57. The van der Waals surface area contributed by atoms with Gasteiger partial charge in [0, 0.05) is 16.3 Å². The number of nitrogens with two attached hydrogens (primary N) is 1. The van der Waals surface area contributed by atoms with E-state index in [9.17, 15) is 4.79 Å². The lowest BCUT2D eigenvalue weighted by molar-refractivity contribution is -0.120. The fraction of sp³-hybridized carbons (Fsp3) is 0.200. The molecule has 2 unspecified atom stereocenters. The Labute approximate surface area is 161 Å². The van der Waals surface area contributed by atoms with Crippen LogP contribution in [-0.4, -0.2) is 26.4 Å². The number of aromatic nitrogens is 3. The lowest BCUT2D eigenvalue weighted by Gasteiger charge is -2.29. The van der Waals surface area contributed by atoms with Crippen LogP contribution in [0.5, 0.6) is 0 Å². The Hall–Kier alpha value is -2.99. The Morgan fingerprint density at radius 1 is 1.15 bits per heavy atom. The highest BCUT2D eigenvalue weighted by molar-refractivity contribution is 6.30. The van der Waals surface area contributed by atoms with E-state index in [1.165, 1.54) is 0 Å². The molecule has 0 spiro atoms. The SMILES string of the molecule is CC1=Nc2nc(-c3ccc(Cl)cc3)nn2C(c2cccc(C)c2)C1C(N)=O. The molecule has 1 aliphatic rings. The minimum Gasteiger partial charge on any atom is -0.369 e. The van der Waals surface area contributed by atoms with Gasteiger partial charge >= 0.3 is 0 Å². The maximum atomic E-state index is 12.2. The zero-order chi connectivity index (χ0) is 19.1. The number of carbonyl (C=O) groups is 1. The standard InChI is InChI=1S/C20H18ClN5O/c1-11-4-3-5-14(10-11)17-16(18(22)27)12(2)23-20-24-19(25-26(17)20)13-6-8-15(21)9-7-13/h3-10,16-17H,1-2H3,(H2,22,27). The number of hydrogen-bond donors (Lipinski definition) is 1. The van der Waals surface area contributed by atoms with E-state index < -0.39 is 11.8 Å². The summed E-state index contributed by atoms with van der Waals surface area (Å²) >= 11 is 5.97. The summed E-state index contributed by atoms with van der Waals surface area (Å²) in [6.07, 6.45) is 0. The van der Waals surface area contributed by atoms with Crippen LogP contribution in [0.1, 0.15) is 24.1 Å². The second kappa shape index (κ2) is 6.63. The first-order valence-corrected chi connectivity index (χ1v) is 8.95. The summed E-state index contributed by atoms with van der Waals surface area (Å²) in [5.74, 6) is -0.0292. The van der Waals surface area contributed by atoms with Gasteiger partial charge in [-0.2, -0.15) is 4.98 Å². The molecule has 6 nitrogen and oxygen atoms in total. The third-order valence-corrected chi connectivity index (χ3v) is 4.96. The summed E-state index contributed by atoms with van der Waals surface area (Å²) in [6.45, 7) is 3.81. The largest absolute Gasteiger partial charge is 0.369 e. The third-order valence-electron chi connectivity index (χ3n) is 4.71. The van der Waals surface area contributed by atoms with Crippen molar-refractivity contribution in [3.8, 4) is 11.4 Å². The number of primary amides is 1. The van der Waals surface area contributed by atoms with E-state index in [0.717, 1.165) is 16.7 Å². The van der Waals surface area contributed by atoms with Crippen molar-refractivity contribution in [2.45, 2.75) is 19.9 Å². The number of benzene rings is 2. The van der Waals surface area contributed by atoms with E-state index in [1.54, 1.807) is 23.7 Å². The van der Waals surface area contributed by atoms with Gasteiger partial charge in [0.15, 0.2) is 5.82 Å². The first-order chi connectivity index (χ1) is 12.9. The first-order valence-electron chi connectivity index (χ1n) is 8.57. The molecule has 27 heavy (non-hydrogen) atoms. The minimum atomic E-state index is -0.584. The molecule has 1 amide bonds. The number of fused-ring (bicyclic) bond motifs is 1. The van der Waals surface area contributed by atoms with E-state index in [2.05, 4.69) is 15.1 Å². The van der Waals surface area contributed by atoms with Crippen molar-refractivity contribution in [1.29, 1.82) is 0 Å². The summed E-state index contributed by atoms with van der Waals surface area (Å²) in [5.41, 5.74) is 9.22. The fourth-order valence-electron chi connectivity index (χ4n) is 3.45. The normalized spacial score (nSPS) is 18.7. The average Bonchev–Trinajstić information content (AvgIpc) is 3.04. The van der Waals surface area contributed by atoms with Gasteiger partial charge < -0.3 is 5.73 Å². The molecule has 2 N–H and O–H groups in total. The average molecular weight is 380 g/mol. The molecule has 0 bridgehead atoms. The lowest BCUT2D eigenvalue weighted by Crippen LogP contribution is -2.39.